The van der Waals surface area contributed by atoms with E-state index in [1.54, 1.807) is 35.9 Å². The van der Waals surface area contributed by atoms with Crippen LogP contribution in [0, 0.1) is 6.92 Å². The van der Waals surface area contributed by atoms with Crippen molar-refractivity contribution in [1.82, 2.24) is 20.0 Å². The van der Waals surface area contributed by atoms with E-state index < -0.39 is 5.91 Å². The van der Waals surface area contributed by atoms with Crippen molar-refractivity contribution in [2.75, 3.05) is 20.6 Å². The minimum absolute atomic E-state index is 0.0773. The number of benzene rings is 1. The van der Waals surface area contributed by atoms with E-state index in [-0.39, 0.29) is 16.7 Å². The van der Waals surface area contributed by atoms with Crippen molar-refractivity contribution in [3.63, 3.8) is 0 Å². The van der Waals surface area contributed by atoms with Gasteiger partial charge in [-0.25, -0.2) is 4.68 Å². The van der Waals surface area contributed by atoms with E-state index >= 15 is 0 Å². The zero-order valence-corrected chi connectivity index (χ0v) is 18.1. The molecule has 0 spiro atoms. The highest BCUT2D eigenvalue weighted by Crippen LogP contribution is 2.30. The summed E-state index contributed by atoms with van der Waals surface area (Å²) in [5, 5.41) is 7.96. The molecule has 1 aromatic carbocycles. The number of hydrogen-bond donors (Lipinski definition) is 1. The third-order valence-electron chi connectivity index (χ3n) is 5.95. The highest BCUT2D eigenvalue weighted by molar-refractivity contribution is 6.30. The summed E-state index contributed by atoms with van der Waals surface area (Å²) in [6, 6.07) is 8.57. The van der Waals surface area contributed by atoms with Crippen molar-refractivity contribution in [3.05, 3.63) is 57.0 Å². The predicted octanol–water partition coefficient (Wildman–Crippen LogP) is 3.58. The summed E-state index contributed by atoms with van der Waals surface area (Å²) in [6.45, 7) is 2.30. The lowest BCUT2D eigenvalue weighted by Gasteiger charge is -2.39. The number of hydrogen-bond acceptors (Lipinski definition) is 4. The number of nitrogens with zero attached hydrogens (tertiary/aromatic N) is 3. The second-order valence-electron chi connectivity index (χ2n) is 8.10. The second-order valence-corrected chi connectivity index (χ2v) is 8.54. The summed E-state index contributed by atoms with van der Waals surface area (Å²) in [4.78, 5) is 27.6. The van der Waals surface area contributed by atoms with Crippen LogP contribution in [0.1, 0.15) is 54.7 Å². The van der Waals surface area contributed by atoms with Crippen LogP contribution in [-0.4, -0.2) is 46.8 Å². The fraction of sp³-hybridized carbons (Fsp3) is 0.500. The number of carbonyl (C=O) groups excluding carboxylic acids is 1. The molecule has 156 valence electrons. The number of nitrogens with one attached hydrogen (secondary N) is 1. The molecule has 2 aromatic rings. The number of aryl methyl sites for hydroxylation is 1. The first kappa shape index (κ1) is 21.5. The molecule has 1 saturated carbocycles. The molecule has 1 aliphatic rings. The van der Waals surface area contributed by atoms with Crippen LogP contribution in [-0.2, 0) is 0 Å². The summed E-state index contributed by atoms with van der Waals surface area (Å²) >= 11 is 5.96. The lowest BCUT2D eigenvalue weighted by molar-refractivity contribution is 0.0862. The van der Waals surface area contributed by atoms with Crippen molar-refractivity contribution in [2.45, 2.75) is 51.0 Å². The zero-order chi connectivity index (χ0) is 21.0. The smallest absolute Gasteiger partial charge is 0.275 e. The van der Waals surface area contributed by atoms with Crippen LogP contribution >= 0.6 is 11.6 Å². The molecule has 1 N–H and O–H groups in total. The van der Waals surface area contributed by atoms with Gasteiger partial charge in [0, 0.05) is 28.9 Å². The van der Waals surface area contributed by atoms with E-state index in [1.807, 2.05) is 0 Å². The number of aromatic nitrogens is 2. The Bertz CT molecular complexity index is 913. The summed E-state index contributed by atoms with van der Waals surface area (Å²) in [5.74, 6) is -0.428. The lowest BCUT2D eigenvalue weighted by atomic mass is 9.88. The van der Waals surface area contributed by atoms with Crippen LogP contribution in [0.4, 0.5) is 0 Å². The summed E-state index contributed by atoms with van der Waals surface area (Å²) in [6.07, 6.45) is 6.84. The van der Waals surface area contributed by atoms with Crippen LogP contribution in [0.5, 0.6) is 0 Å². The molecule has 0 aliphatic heterocycles. The molecule has 1 aromatic heterocycles. The molecular weight excluding hydrogens is 388 g/mol. The Balaban J connectivity index is 1.84. The van der Waals surface area contributed by atoms with Crippen molar-refractivity contribution < 1.29 is 4.79 Å². The van der Waals surface area contributed by atoms with E-state index in [0.717, 1.165) is 31.4 Å². The van der Waals surface area contributed by atoms with Crippen molar-refractivity contribution >= 4 is 17.5 Å². The monoisotopic (exact) mass is 416 g/mol. The third kappa shape index (κ3) is 4.87. The highest BCUT2D eigenvalue weighted by atomic mass is 35.5. The second kappa shape index (κ2) is 9.09. The maximum absolute atomic E-state index is 12.9. The molecule has 3 rings (SSSR count). The maximum Gasteiger partial charge on any atom is 0.275 e. The minimum atomic E-state index is -0.428. The van der Waals surface area contributed by atoms with Gasteiger partial charge in [0.1, 0.15) is 0 Å². The average molecular weight is 417 g/mol. The predicted molar refractivity (Wildman–Crippen MR) is 116 cm³/mol. The number of rotatable bonds is 5. The summed E-state index contributed by atoms with van der Waals surface area (Å²) in [5.41, 5.74) is 0.862. The first-order valence-corrected chi connectivity index (χ1v) is 10.5. The normalized spacial score (nSPS) is 16.4. The molecular formula is C22H29ClN4O2. The molecule has 29 heavy (non-hydrogen) atoms. The van der Waals surface area contributed by atoms with Gasteiger partial charge in [0.05, 0.1) is 5.69 Å². The molecule has 0 unspecified atom stereocenters. The van der Waals surface area contributed by atoms with Crippen LogP contribution < -0.4 is 10.7 Å². The van der Waals surface area contributed by atoms with Gasteiger partial charge >= 0.3 is 0 Å². The molecule has 1 aliphatic carbocycles. The Morgan fingerprint density at radius 1 is 1.17 bits per heavy atom. The van der Waals surface area contributed by atoms with Crippen LogP contribution in [0.3, 0.4) is 0 Å². The lowest BCUT2D eigenvalue weighted by Crippen LogP contribution is -2.53. The molecule has 1 heterocycles. The Labute approximate surface area is 176 Å². The quantitative estimate of drug-likeness (QED) is 0.756. The molecule has 0 bridgehead atoms. The van der Waals surface area contributed by atoms with E-state index in [4.69, 9.17) is 11.6 Å². The topological polar surface area (TPSA) is 67.2 Å². The van der Waals surface area contributed by atoms with E-state index in [1.165, 1.54) is 18.9 Å². The fourth-order valence-electron chi connectivity index (χ4n) is 4.05. The van der Waals surface area contributed by atoms with Gasteiger partial charge in [0.25, 0.3) is 5.91 Å². The Morgan fingerprint density at radius 2 is 1.79 bits per heavy atom. The highest BCUT2D eigenvalue weighted by Gasteiger charge is 2.34. The number of amides is 1. The number of halogens is 1. The van der Waals surface area contributed by atoms with Gasteiger partial charge in [-0.05, 0) is 58.1 Å². The average Bonchev–Trinajstić information content (AvgIpc) is 2.94. The Morgan fingerprint density at radius 3 is 2.38 bits per heavy atom. The first-order chi connectivity index (χ1) is 13.8. The molecule has 1 fully saturated rings. The standard InChI is InChI=1S/C22H29ClN4O2/c1-16-14-19(28)20(25-27(16)18-10-8-17(23)9-11-18)21(29)24-15-22(26(2)3)12-6-4-5-7-13-22/h8-11,14H,4-7,12-13,15H2,1-3H3,(H,24,29). The molecule has 6 nitrogen and oxygen atoms in total. The number of carbonyl (C=O) groups is 1. The van der Waals surface area contributed by atoms with Crippen LogP contribution in [0.15, 0.2) is 35.1 Å². The minimum Gasteiger partial charge on any atom is -0.349 e. The van der Waals surface area contributed by atoms with Gasteiger partial charge in [0.15, 0.2) is 5.69 Å². The molecule has 0 radical (unpaired) electrons. The van der Waals surface area contributed by atoms with Crippen LogP contribution in [0.25, 0.3) is 5.69 Å². The maximum atomic E-state index is 12.9. The van der Waals surface area contributed by atoms with Gasteiger partial charge in [0.2, 0.25) is 5.43 Å². The van der Waals surface area contributed by atoms with Crippen molar-refractivity contribution in [2.24, 2.45) is 0 Å². The van der Waals surface area contributed by atoms with Gasteiger partial charge in [-0.2, -0.15) is 5.10 Å². The van der Waals surface area contributed by atoms with Gasteiger partial charge < -0.3 is 10.2 Å². The Kier molecular flexibility index (Phi) is 6.75. The first-order valence-electron chi connectivity index (χ1n) is 10.1. The van der Waals surface area contributed by atoms with Crippen LogP contribution in [0.2, 0.25) is 5.02 Å². The van der Waals surface area contributed by atoms with E-state index in [2.05, 4.69) is 29.4 Å². The molecule has 0 atom stereocenters. The summed E-state index contributed by atoms with van der Waals surface area (Å²) < 4.78 is 1.60. The zero-order valence-electron chi connectivity index (χ0n) is 17.4. The Hall–Kier alpha value is -2.18. The van der Waals surface area contributed by atoms with Crippen molar-refractivity contribution in [1.29, 1.82) is 0 Å². The summed E-state index contributed by atoms with van der Waals surface area (Å²) in [7, 11) is 4.13. The largest absolute Gasteiger partial charge is 0.349 e. The third-order valence-corrected chi connectivity index (χ3v) is 6.21. The van der Waals surface area contributed by atoms with Crippen molar-refractivity contribution in [3.8, 4) is 5.69 Å². The molecule has 1 amide bonds. The molecule has 7 heteroatoms. The fourth-order valence-corrected chi connectivity index (χ4v) is 4.17. The number of likely N-dealkylation sites (N-methyl/N-ethyl adjacent to an activating group) is 1. The van der Waals surface area contributed by atoms with Gasteiger partial charge in [-0.3, -0.25) is 9.59 Å². The van der Waals surface area contributed by atoms with E-state index in [9.17, 15) is 9.59 Å². The molecule has 0 saturated heterocycles. The van der Waals surface area contributed by atoms with Gasteiger partial charge in [-0.15, -0.1) is 0 Å². The SMILES string of the molecule is Cc1cc(=O)c(C(=O)NCC2(N(C)C)CCCCCC2)nn1-c1ccc(Cl)cc1. The van der Waals surface area contributed by atoms with E-state index in [0.29, 0.717) is 17.3 Å². The van der Waals surface area contributed by atoms with Gasteiger partial charge in [-0.1, -0.05) is 37.3 Å².